The number of carbonyl (C=O) groups is 1. The second-order valence-corrected chi connectivity index (χ2v) is 9.73. The van der Waals surface area contributed by atoms with Gasteiger partial charge < -0.3 is 29.8 Å². The third kappa shape index (κ3) is 3.90. The Morgan fingerprint density at radius 3 is 2.91 bits per heavy atom. The van der Waals surface area contributed by atoms with E-state index in [0.29, 0.717) is 46.6 Å². The number of hydrogen-bond acceptors (Lipinski definition) is 6. The normalized spacial score (nSPS) is 19.5. The van der Waals surface area contributed by atoms with Crippen molar-refractivity contribution in [3.8, 4) is 22.8 Å². The minimum absolute atomic E-state index is 0.0496. The highest BCUT2D eigenvalue weighted by atomic mass is 35.5. The van der Waals surface area contributed by atoms with E-state index in [1.807, 2.05) is 18.2 Å². The topological polar surface area (TPSA) is 97.5 Å². The lowest BCUT2D eigenvalue weighted by Gasteiger charge is -2.26. The first-order valence-corrected chi connectivity index (χ1v) is 12.3. The molecule has 1 saturated heterocycles. The summed E-state index contributed by atoms with van der Waals surface area (Å²) in [6.07, 6.45) is 7.66. The van der Waals surface area contributed by atoms with Crippen molar-refractivity contribution in [1.29, 1.82) is 0 Å². The van der Waals surface area contributed by atoms with Gasteiger partial charge in [-0.2, -0.15) is 0 Å². The van der Waals surface area contributed by atoms with Gasteiger partial charge in [-0.25, -0.2) is 0 Å². The maximum absolute atomic E-state index is 13.2. The van der Waals surface area contributed by atoms with Crippen LogP contribution in [0.1, 0.15) is 41.7 Å². The Kier molecular flexibility index (Phi) is 5.57. The summed E-state index contributed by atoms with van der Waals surface area (Å²) in [6.45, 7) is 1.99. The maximum atomic E-state index is 13.2. The zero-order valence-electron chi connectivity index (χ0n) is 19.4. The van der Waals surface area contributed by atoms with Gasteiger partial charge >= 0.3 is 0 Å². The molecule has 1 aliphatic carbocycles. The van der Waals surface area contributed by atoms with E-state index in [-0.39, 0.29) is 17.4 Å². The molecule has 0 bridgehead atoms. The second-order valence-electron chi connectivity index (χ2n) is 9.32. The number of aromatic amines is 1. The summed E-state index contributed by atoms with van der Waals surface area (Å²) < 4.78 is 17.2. The van der Waals surface area contributed by atoms with Gasteiger partial charge in [0, 0.05) is 42.4 Å². The molecular weight excluding hydrogens is 468 g/mol. The number of methoxy groups -OCH3 is 1. The Hall–Kier alpha value is -3.23. The van der Waals surface area contributed by atoms with Crippen LogP contribution in [0.5, 0.6) is 11.5 Å². The summed E-state index contributed by atoms with van der Waals surface area (Å²) in [4.78, 5) is 21.1. The number of hydrogen-bond donors (Lipinski definition) is 3. The lowest BCUT2D eigenvalue weighted by atomic mass is 9.93. The Morgan fingerprint density at radius 1 is 1.31 bits per heavy atom. The van der Waals surface area contributed by atoms with Crippen LogP contribution in [-0.4, -0.2) is 48.8 Å². The van der Waals surface area contributed by atoms with E-state index in [9.17, 15) is 4.79 Å². The molecule has 1 saturated carbocycles. The van der Waals surface area contributed by atoms with E-state index in [1.54, 1.807) is 25.6 Å². The number of nitrogens with zero attached hydrogens (tertiary/aromatic N) is 1. The molecule has 2 aliphatic heterocycles. The number of nitrogens with one attached hydrogen (secondary N) is 3. The van der Waals surface area contributed by atoms with Crippen molar-refractivity contribution in [2.75, 3.05) is 32.2 Å². The molecule has 6 rings (SSSR count). The van der Waals surface area contributed by atoms with Gasteiger partial charge in [0.2, 0.25) is 0 Å². The molecule has 35 heavy (non-hydrogen) atoms. The number of benzene rings is 1. The van der Waals surface area contributed by atoms with E-state index in [0.717, 1.165) is 49.2 Å². The molecule has 3 N–H and O–H groups in total. The Bertz CT molecular complexity index is 1280. The highest BCUT2D eigenvalue weighted by Gasteiger charge is 2.51. The van der Waals surface area contributed by atoms with Gasteiger partial charge in [0.05, 0.1) is 53.7 Å². The van der Waals surface area contributed by atoms with E-state index < -0.39 is 0 Å². The lowest BCUT2D eigenvalue weighted by molar-refractivity contribution is -0.0596. The summed E-state index contributed by atoms with van der Waals surface area (Å²) in [5.74, 6) is 1.05. The lowest BCUT2D eigenvalue weighted by Crippen LogP contribution is -2.39. The molecule has 0 radical (unpaired) electrons. The summed E-state index contributed by atoms with van der Waals surface area (Å²) >= 11 is 6.39. The average molecular weight is 495 g/mol. The highest BCUT2D eigenvalue weighted by molar-refractivity contribution is 6.32. The molecule has 1 atom stereocenters. The fourth-order valence-electron chi connectivity index (χ4n) is 4.92. The number of halogens is 1. The average Bonchev–Trinajstić information content (AvgIpc) is 3.51. The molecule has 2 aromatic heterocycles. The number of aromatic nitrogens is 2. The molecule has 8 nitrogen and oxygen atoms in total. The molecule has 3 aliphatic rings. The Labute approximate surface area is 208 Å². The SMILES string of the molecule is COc1c(Cl)cccc1Nc1c(-c2ccncc2OCC[C@@H]2CCO2)[nH]c2c1C(=O)NCC21CC1. The van der Waals surface area contributed by atoms with E-state index in [4.69, 9.17) is 25.8 Å². The van der Waals surface area contributed by atoms with Crippen molar-refractivity contribution in [1.82, 2.24) is 15.3 Å². The summed E-state index contributed by atoms with van der Waals surface area (Å²) in [6, 6.07) is 7.40. The van der Waals surface area contributed by atoms with Crippen LogP contribution < -0.4 is 20.1 Å². The summed E-state index contributed by atoms with van der Waals surface area (Å²) in [7, 11) is 1.58. The smallest absolute Gasteiger partial charge is 0.255 e. The highest BCUT2D eigenvalue weighted by Crippen LogP contribution is 2.54. The van der Waals surface area contributed by atoms with Gasteiger partial charge in [0.15, 0.2) is 5.75 Å². The van der Waals surface area contributed by atoms with Crippen molar-refractivity contribution in [3.05, 3.63) is 52.9 Å². The van der Waals surface area contributed by atoms with Crippen molar-refractivity contribution >= 4 is 28.9 Å². The minimum Gasteiger partial charge on any atom is -0.493 e. The molecule has 182 valence electrons. The quantitative estimate of drug-likeness (QED) is 0.415. The fraction of sp³-hybridized carbons (Fsp3) is 0.385. The van der Waals surface area contributed by atoms with E-state index in [1.165, 1.54) is 0 Å². The van der Waals surface area contributed by atoms with Gasteiger partial charge in [-0.15, -0.1) is 0 Å². The van der Waals surface area contributed by atoms with Gasteiger partial charge in [0.25, 0.3) is 5.91 Å². The van der Waals surface area contributed by atoms with Crippen LogP contribution in [0, 0.1) is 0 Å². The number of para-hydroxylation sites is 1. The standard InChI is InChI=1S/C26H27ClN4O4/c1-33-23-17(27)3-2-4-18(23)30-22-20-24(26(8-9-26)14-29-25(20)32)31-21(22)16-5-10-28-13-19(16)35-12-7-15-6-11-34-15/h2-5,10,13,15,30-31H,6-9,11-12,14H2,1H3,(H,29,32)/t15-/m0/s1. The van der Waals surface area contributed by atoms with Crippen LogP contribution in [-0.2, 0) is 10.2 Å². The van der Waals surface area contributed by atoms with Gasteiger partial charge in [-0.3, -0.25) is 9.78 Å². The van der Waals surface area contributed by atoms with Crippen molar-refractivity contribution in [2.24, 2.45) is 0 Å². The first-order chi connectivity index (χ1) is 17.1. The monoisotopic (exact) mass is 494 g/mol. The van der Waals surface area contributed by atoms with Crippen LogP contribution in [0.2, 0.25) is 5.02 Å². The van der Waals surface area contributed by atoms with Gasteiger partial charge in [-0.05, 0) is 37.5 Å². The number of fused-ring (bicyclic) bond motifs is 2. The number of rotatable bonds is 8. The number of anilines is 2. The zero-order valence-corrected chi connectivity index (χ0v) is 20.2. The van der Waals surface area contributed by atoms with Gasteiger partial charge in [-0.1, -0.05) is 17.7 Å². The number of pyridine rings is 1. The van der Waals surface area contributed by atoms with Gasteiger partial charge in [0.1, 0.15) is 5.75 Å². The minimum atomic E-state index is -0.109. The van der Waals surface area contributed by atoms with Crippen LogP contribution in [0.15, 0.2) is 36.7 Å². The number of amides is 1. The molecule has 4 heterocycles. The molecule has 3 aromatic rings. The molecule has 9 heteroatoms. The number of H-pyrrole nitrogens is 1. The Morgan fingerprint density at radius 2 is 2.17 bits per heavy atom. The molecule has 1 aromatic carbocycles. The Balaban J connectivity index is 1.44. The third-order valence-electron chi connectivity index (χ3n) is 7.17. The van der Waals surface area contributed by atoms with Crippen molar-refractivity contribution in [3.63, 3.8) is 0 Å². The first-order valence-electron chi connectivity index (χ1n) is 11.9. The maximum Gasteiger partial charge on any atom is 0.255 e. The molecule has 1 amide bonds. The third-order valence-corrected chi connectivity index (χ3v) is 7.47. The van der Waals surface area contributed by atoms with Crippen molar-refractivity contribution < 1.29 is 19.0 Å². The second kappa shape index (κ2) is 8.77. The first kappa shape index (κ1) is 22.2. The summed E-state index contributed by atoms with van der Waals surface area (Å²) in [5, 5.41) is 7.02. The molecular formula is C26H27ClN4O4. The van der Waals surface area contributed by atoms with Crippen LogP contribution >= 0.6 is 11.6 Å². The fourth-order valence-corrected chi connectivity index (χ4v) is 5.17. The van der Waals surface area contributed by atoms with Crippen molar-refractivity contribution in [2.45, 2.75) is 37.2 Å². The predicted molar refractivity (Wildman–Crippen MR) is 133 cm³/mol. The molecule has 0 unspecified atom stereocenters. The number of ether oxygens (including phenoxy) is 3. The largest absolute Gasteiger partial charge is 0.493 e. The van der Waals surface area contributed by atoms with Crippen LogP contribution in [0.4, 0.5) is 11.4 Å². The predicted octanol–water partition coefficient (Wildman–Crippen LogP) is 4.82. The van der Waals surface area contributed by atoms with Crippen LogP contribution in [0.25, 0.3) is 11.3 Å². The zero-order chi connectivity index (χ0) is 24.0. The summed E-state index contributed by atoms with van der Waals surface area (Å²) in [5.41, 5.74) is 4.48. The van der Waals surface area contributed by atoms with E-state index in [2.05, 4.69) is 20.6 Å². The molecule has 1 spiro atoms. The van der Waals surface area contributed by atoms with Crippen LogP contribution in [0.3, 0.4) is 0 Å². The molecule has 2 fully saturated rings. The number of carbonyl (C=O) groups excluding carboxylic acids is 1. The van der Waals surface area contributed by atoms with E-state index >= 15 is 0 Å².